The van der Waals surface area contributed by atoms with Crippen LogP contribution in [0.3, 0.4) is 0 Å². The second kappa shape index (κ2) is 8.00. The fourth-order valence-corrected chi connectivity index (χ4v) is 4.38. The molecule has 3 rings (SSSR count). The van der Waals surface area contributed by atoms with Gasteiger partial charge >= 0.3 is 0 Å². The summed E-state index contributed by atoms with van der Waals surface area (Å²) in [6, 6.07) is 14.1. The highest BCUT2D eigenvalue weighted by molar-refractivity contribution is 7.89. The molecule has 146 valence electrons. The van der Waals surface area contributed by atoms with Gasteiger partial charge in [-0.25, -0.2) is 13.1 Å². The Morgan fingerprint density at radius 1 is 1.19 bits per heavy atom. The lowest BCUT2D eigenvalue weighted by atomic mass is 9.89. The van der Waals surface area contributed by atoms with Crippen LogP contribution in [0.1, 0.15) is 37.3 Å². The van der Waals surface area contributed by atoms with E-state index in [0.717, 1.165) is 30.4 Å². The van der Waals surface area contributed by atoms with Gasteiger partial charge < -0.3 is 9.84 Å². The van der Waals surface area contributed by atoms with Crippen LogP contribution >= 0.6 is 0 Å². The maximum absolute atomic E-state index is 12.8. The molecule has 1 fully saturated rings. The van der Waals surface area contributed by atoms with Gasteiger partial charge in [0.1, 0.15) is 11.4 Å². The Morgan fingerprint density at radius 3 is 2.48 bits per heavy atom. The van der Waals surface area contributed by atoms with Crippen molar-refractivity contribution in [1.82, 2.24) is 4.72 Å². The molecule has 0 spiro atoms. The van der Waals surface area contributed by atoms with Crippen molar-refractivity contribution in [2.75, 3.05) is 13.2 Å². The number of hydrogen-bond acceptors (Lipinski definition) is 4. The summed E-state index contributed by atoms with van der Waals surface area (Å²) >= 11 is 0. The van der Waals surface area contributed by atoms with E-state index < -0.39 is 15.6 Å². The largest absolute Gasteiger partial charge is 0.493 e. The van der Waals surface area contributed by atoms with E-state index in [0.29, 0.717) is 12.4 Å². The summed E-state index contributed by atoms with van der Waals surface area (Å²) in [5.74, 6) is 0.767. The van der Waals surface area contributed by atoms with Crippen LogP contribution in [0.5, 0.6) is 5.75 Å². The maximum Gasteiger partial charge on any atom is 0.240 e. The Kier molecular flexibility index (Phi) is 5.89. The average molecular weight is 390 g/mol. The Morgan fingerprint density at radius 2 is 1.89 bits per heavy atom. The van der Waals surface area contributed by atoms with E-state index in [9.17, 15) is 13.5 Å². The lowest BCUT2D eigenvalue weighted by Crippen LogP contribution is -2.42. The van der Waals surface area contributed by atoms with Crippen molar-refractivity contribution in [2.45, 2.75) is 43.6 Å². The molecule has 0 amide bonds. The number of sulfonamides is 1. The maximum atomic E-state index is 12.8. The molecule has 0 aromatic heterocycles. The molecule has 0 saturated heterocycles. The minimum absolute atomic E-state index is 0.0445. The van der Waals surface area contributed by atoms with Crippen LogP contribution < -0.4 is 9.46 Å². The molecule has 1 unspecified atom stereocenters. The quantitative estimate of drug-likeness (QED) is 0.690. The van der Waals surface area contributed by atoms with Gasteiger partial charge in [0.2, 0.25) is 10.0 Å². The van der Waals surface area contributed by atoms with Crippen LogP contribution in [-0.4, -0.2) is 26.7 Å². The predicted octanol–water partition coefficient (Wildman–Crippen LogP) is 3.36. The fraction of sp³-hybridized carbons (Fsp3) is 0.429. The van der Waals surface area contributed by atoms with Crippen molar-refractivity contribution in [3.05, 3.63) is 59.7 Å². The summed E-state index contributed by atoms with van der Waals surface area (Å²) in [4.78, 5) is 0.176. The van der Waals surface area contributed by atoms with Crippen molar-refractivity contribution >= 4 is 10.0 Å². The Labute approximate surface area is 161 Å². The zero-order valence-electron chi connectivity index (χ0n) is 15.8. The number of aryl methyl sites for hydroxylation is 1. The molecule has 1 aliphatic rings. The normalized spacial score (nSPS) is 16.7. The van der Waals surface area contributed by atoms with Gasteiger partial charge in [0.25, 0.3) is 0 Å². The van der Waals surface area contributed by atoms with E-state index >= 15 is 0 Å². The van der Waals surface area contributed by atoms with Crippen LogP contribution in [0.25, 0.3) is 0 Å². The first-order valence-corrected chi connectivity index (χ1v) is 10.9. The van der Waals surface area contributed by atoms with Gasteiger partial charge in [-0.1, -0.05) is 37.3 Å². The molecule has 27 heavy (non-hydrogen) atoms. The van der Waals surface area contributed by atoms with Gasteiger partial charge in [-0.3, -0.25) is 0 Å². The third kappa shape index (κ3) is 4.51. The number of aliphatic hydroxyl groups is 1. The van der Waals surface area contributed by atoms with Gasteiger partial charge in [0.05, 0.1) is 11.5 Å². The highest BCUT2D eigenvalue weighted by Gasteiger charge is 2.45. The van der Waals surface area contributed by atoms with Crippen molar-refractivity contribution in [3.8, 4) is 5.75 Å². The third-order valence-corrected chi connectivity index (χ3v) is 6.38. The number of benzene rings is 2. The predicted molar refractivity (Wildman–Crippen MR) is 105 cm³/mol. The Hall–Kier alpha value is -1.89. The highest BCUT2D eigenvalue weighted by Crippen LogP contribution is 2.45. The molecule has 1 atom stereocenters. The molecule has 0 heterocycles. The first-order chi connectivity index (χ1) is 12.9. The molecule has 0 radical (unpaired) electrons. The third-order valence-electron chi connectivity index (χ3n) is 4.98. The summed E-state index contributed by atoms with van der Waals surface area (Å²) in [5.41, 5.74) is 0.328. The number of rotatable bonds is 9. The van der Waals surface area contributed by atoms with Gasteiger partial charge in [-0.2, -0.15) is 0 Å². The van der Waals surface area contributed by atoms with E-state index in [1.54, 1.807) is 18.2 Å². The molecule has 0 bridgehead atoms. The Balaban J connectivity index is 1.77. The van der Waals surface area contributed by atoms with Crippen molar-refractivity contribution in [3.63, 3.8) is 0 Å². The Bertz CT molecular complexity index is 878. The number of ether oxygens (including phenoxy) is 1. The zero-order valence-corrected chi connectivity index (χ0v) is 16.6. The monoisotopic (exact) mass is 389 g/mol. The molecule has 1 saturated carbocycles. The SMILES string of the molecule is CCCOc1ccc(S(=O)(=O)NCC(O)(c2ccccc2)C2CC2)cc1C. The summed E-state index contributed by atoms with van der Waals surface area (Å²) in [6.45, 7) is 4.40. The first kappa shape index (κ1) is 19.9. The van der Waals surface area contributed by atoms with E-state index in [4.69, 9.17) is 4.74 Å². The van der Waals surface area contributed by atoms with Crippen molar-refractivity contribution in [2.24, 2.45) is 5.92 Å². The van der Waals surface area contributed by atoms with E-state index in [-0.39, 0.29) is 17.4 Å². The van der Waals surface area contributed by atoms with Crippen LogP contribution in [0.15, 0.2) is 53.4 Å². The number of hydrogen-bond donors (Lipinski definition) is 2. The lowest BCUT2D eigenvalue weighted by Gasteiger charge is -2.29. The van der Waals surface area contributed by atoms with Crippen molar-refractivity contribution in [1.29, 1.82) is 0 Å². The fourth-order valence-electron chi connectivity index (χ4n) is 3.22. The van der Waals surface area contributed by atoms with Crippen molar-refractivity contribution < 1.29 is 18.3 Å². The van der Waals surface area contributed by atoms with Gasteiger partial charge in [-0.05, 0) is 61.4 Å². The molecule has 2 aromatic carbocycles. The number of nitrogens with one attached hydrogen (secondary N) is 1. The molecular weight excluding hydrogens is 362 g/mol. The zero-order chi connectivity index (χ0) is 19.5. The van der Waals surface area contributed by atoms with Gasteiger partial charge in [0, 0.05) is 6.54 Å². The van der Waals surface area contributed by atoms with E-state index in [1.807, 2.05) is 44.2 Å². The first-order valence-electron chi connectivity index (χ1n) is 9.38. The second-order valence-electron chi connectivity index (χ2n) is 7.16. The minimum Gasteiger partial charge on any atom is -0.493 e. The summed E-state index contributed by atoms with van der Waals surface area (Å²) in [7, 11) is -3.73. The summed E-state index contributed by atoms with van der Waals surface area (Å²) in [5, 5.41) is 11.2. The molecule has 2 aromatic rings. The molecular formula is C21H27NO4S. The second-order valence-corrected chi connectivity index (χ2v) is 8.93. The summed E-state index contributed by atoms with van der Waals surface area (Å²) in [6.07, 6.45) is 2.69. The van der Waals surface area contributed by atoms with E-state index in [1.165, 1.54) is 0 Å². The van der Waals surface area contributed by atoms with Gasteiger partial charge in [-0.15, -0.1) is 0 Å². The van der Waals surface area contributed by atoms with E-state index in [2.05, 4.69) is 4.72 Å². The molecule has 2 N–H and O–H groups in total. The van der Waals surface area contributed by atoms with Gasteiger partial charge in [0.15, 0.2) is 0 Å². The molecule has 0 aliphatic heterocycles. The lowest BCUT2D eigenvalue weighted by molar-refractivity contribution is 0.0185. The average Bonchev–Trinajstić information content (AvgIpc) is 3.51. The minimum atomic E-state index is -3.73. The van der Waals surface area contributed by atoms with Crippen LogP contribution in [0.2, 0.25) is 0 Å². The molecule has 1 aliphatic carbocycles. The van der Waals surface area contributed by atoms with Crippen LogP contribution in [0.4, 0.5) is 0 Å². The topological polar surface area (TPSA) is 75.6 Å². The standard InChI is InChI=1S/C21H27NO4S/c1-3-13-26-20-12-11-19(14-16(20)2)27(24,25)22-15-21(23,18-9-10-18)17-7-5-4-6-8-17/h4-8,11-12,14,18,22-23H,3,9-10,13,15H2,1-2H3. The molecule has 5 nitrogen and oxygen atoms in total. The summed E-state index contributed by atoms with van der Waals surface area (Å²) < 4.78 is 33.8. The molecule has 6 heteroatoms. The smallest absolute Gasteiger partial charge is 0.240 e. The highest BCUT2D eigenvalue weighted by atomic mass is 32.2. The van der Waals surface area contributed by atoms with Crippen LogP contribution in [-0.2, 0) is 15.6 Å². The van der Waals surface area contributed by atoms with Crippen LogP contribution in [0, 0.1) is 12.8 Å².